The van der Waals surface area contributed by atoms with Gasteiger partial charge in [0.2, 0.25) is 0 Å². The highest BCUT2D eigenvalue weighted by Crippen LogP contribution is 2.24. The largest absolute Gasteiger partial charge is 0.324 e. The molecule has 0 aliphatic heterocycles. The minimum atomic E-state index is 0.0628. The van der Waals surface area contributed by atoms with Gasteiger partial charge in [-0.1, -0.05) is 45.2 Å². The molecule has 84 valence electrons. The van der Waals surface area contributed by atoms with Gasteiger partial charge in [0.1, 0.15) is 0 Å². The van der Waals surface area contributed by atoms with Gasteiger partial charge in [-0.2, -0.15) is 0 Å². The van der Waals surface area contributed by atoms with Crippen LogP contribution in [-0.2, 0) is 0 Å². The zero-order chi connectivity index (χ0) is 10.6. The normalized spacial score (nSPS) is 22.9. The van der Waals surface area contributed by atoms with Gasteiger partial charge in [-0.25, -0.2) is 0 Å². The van der Waals surface area contributed by atoms with E-state index in [0.717, 1.165) is 17.2 Å². The molecule has 0 N–H and O–H groups in total. The highest BCUT2D eigenvalue weighted by atomic mass is 28.3. The average Bonchev–Trinajstić information content (AvgIpc) is 2.15. The summed E-state index contributed by atoms with van der Waals surface area (Å²) in [5, 5.41) is 1.08. The van der Waals surface area contributed by atoms with Crippen LogP contribution in [0.3, 0.4) is 0 Å². The predicted octanol–water partition coefficient (Wildman–Crippen LogP) is 1.24. The molecule has 1 fully saturated rings. The first-order valence-electron chi connectivity index (χ1n) is 6.37. The zero-order valence-corrected chi connectivity index (χ0v) is 13.8. The van der Waals surface area contributed by atoms with E-state index in [4.69, 9.17) is 0 Å². The molecule has 1 aliphatic rings. The van der Waals surface area contributed by atoms with Gasteiger partial charge in [-0.15, -0.1) is 0 Å². The minimum absolute atomic E-state index is 0.0628. The Morgan fingerprint density at radius 3 is 2.14 bits per heavy atom. The molecular formula is C11H27NSi2. The van der Waals surface area contributed by atoms with Crippen molar-refractivity contribution in [2.75, 3.05) is 0 Å². The van der Waals surface area contributed by atoms with Gasteiger partial charge in [0, 0.05) is 16.3 Å². The van der Waals surface area contributed by atoms with E-state index >= 15 is 0 Å². The van der Waals surface area contributed by atoms with Crippen LogP contribution in [0, 0.1) is 0 Å². The maximum Gasteiger partial charge on any atom is 0.0951 e. The molecule has 3 heteroatoms. The lowest BCUT2D eigenvalue weighted by atomic mass is 9.95. The molecule has 0 aromatic carbocycles. The predicted molar refractivity (Wildman–Crippen MR) is 71.8 cm³/mol. The highest BCUT2D eigenvalue weighted by Gasteiger charge is 2.23. The van der Waals surface area contributed by atoms with Gasteiger partial charge in [0.05, 0.1) is 9.68 Å². The van der Waals surface area contributed by atoms with Crippen LogP contribution in [0.2, 0.25) is 5.16 Å². The first kappa shape index (κ1) is 12.5. The van der Waals surface area contributed by atoms with Gasteiger partial charge in [0.15, 0.2) is 0 Å². The lowest BCUT2D eigenvalue weighted by molar-refractivity contribution is 0.221. The number of hydrogen-bond donors (Lipinski definition) is 0. The van der Waals surface area contributed by atoms with E-state index in [1.807, 2.05) is 0 Å². The fraction of sp³-hybridized carbons (Fsp3) is 1.00. The smallest absolute Gasteiger partial charge is 0.0951 e. The molecule has 1 saturated carbocycles. The van der Waals surface area contributed by atoms with Crippen LogP contribution < -0.4 is 0 Å². The van der Waals surface area contributed by atoms with Crippen molar-refractivity contribution in [1.29, 1.82) is 0 Å². The Labute approximate surface area is 95.0 Å². The molecule has 0 bridgehead atoms. The van der Waals surface area contributed by atoms with Crippen molar-refractivity contribution in [3.05, 3.63) is 0 Å². The van der Waals surface area contributed by atoms with Crippen molar-refractivity contribution in [1.82, 2.24) is 4.57 Å². The Hall–Kier alpha value is 0.394. The first-order valence-corrected chi connectivity index (χ1v) is 8.97. The number of hydrogen-bond acceptors (Lipinski definition) is 1. The molecule has 1 unspecified atom stereocenters. The van der Waals surface area contributed by atoms with Crippen LogP contribution in [0.5, 0.6) is 0 Å². The minimum Gasteiger partial charge on any atom is -0.324 e. The van der Waals surface area contributed by atoms with Crippen LogP contribution in [0.4, 0.5) is 0 Å². The lowest BCUT2D eigenvalue weighted by Gasteiger charge is -2.38. The monoisotopic (exact) mass is 229 g/mol. The van der Waals surface area contributed by atoms with Gasteiger partial charge in [-0.3, -0.25) is 0 Å². The summed E-state index contributed by atoms with van der Waals surface area (Å²) in [7, 11) is 1.47. The molecule has 0 aromatic rings. The molecule has 0 spiro atoms. The topological polar surface area (TPSA) is 3.24 Å². The van der Waals surface area contributed by atoms with Crippen molar-refractivity contribution in [2.24, 2.45) is 0 Å². The van der Waals surface area contributed by atoms with Crippen LogP contribution in [0.15, 0.2) is 0 Å². The molecule has 0 amide bonds. The second-order valence-electron chi connectivity index (χ2n) is 5.48. The standard InChI is InChI=1S/C11H27NSi2/c1-9(2)12(14-10(3)13)11-7-5-4-6-8-11/h9-11H,4-8,14H2,1-3,13H3. The Morgan fingerprint density at radius 1 is 1.14 bits per heavy atom. The Balaban J connectivity index is 2.47. The molecule has 1 atom stereocenters. The number of nitrogens with zero attached hydrogens (tertiary/aromatic N) is 1. The third-order valence-electron chi connectivity index (χ3n) is 3.28. The zero-order valence-electron chi connectivity index (χ0n) is 10.4. The fourth-order valence-electron chi connectivity index (χ4n) is 2.62. The number of rotatable bonds is 4. The third-order valence-corrected chi connectivity index (χ3v) is 6.78. The average molecular weight is 230 g/mol. The highest BCUT2D eigenvalue weighted by molar-refractivity contribution is 6.47. The van der Waals surface area contributed by atoms with E-state index in [9.17, 15) is 0 Å². The van der Waals surface area contributed by atoms with Crippen LogP contribution in [0.25, 0.3) is 0 Å². The molecule has 0 heterocycles. The fourth-order valence-corrected chi connectivity index (χ4v) is 5.81. The van der Waals surface area contributed by atoms with E-state index in [1.54, 1.807) is 0 Å². The SMILES string of the molecule is CC([SiH3])[SiH2]N(C(C)C)C1CCCCC1. The lowest BCUT2D eigenvalue weighted by Crippen LogP contribution is -2.45. The Kier molecular flexibility index (Phi) is 5.41. The van der Waals surface area contributed by atoms with Gasteiger partial charge < -0.3 is 4.57 Å². The second-order valence-corrected chi connectivity index (χ2v) is 11.8. The van der Waals surface area contributed by atoms with Gasteiger partial charge in [-0.05, 0) is 18.9 Å². The van der Waals surface area contributed by atoms with E-state index in [1.165, 1.54) is 42.3 Å². The van der Waals surface area contributed by atoms with Crippen molar-refractivity contribution in [2.45, 2.75) is 70.1 Å². The summed E-state index contributed by atoms with van der Waals surface area (Å²) in [5.41, 5.74) is 0. The molecule has 0 saturated heterocycles. The quantitative estimate of drug-likeness (QED) is 0.656. The molecule has 1 aliphatic carbocycles. The van der Waals surface area contributed by atoms with Crippen molar-refractivity contribution in [3.63, 3.8) is 0 Å². The third kappa shape index (κ3) is 3.87. The summed E-state index contributed by atoms with van der Waals surface area (Å²) in [4.78, 5) is 0. The second kappa shape index (κ2) is 6.08. The summed E-state index contributed by atoms with van der Waals surface area (Å²) in [5.74, 6) is 0. The van der Waals surface area contributed by atoms with Gasteiger partial charge >= 0.3 is 0 Å². The maximum atomic E-state index is 2.90. The van der Waals surface area contributed by atoms with E-state index in [2.05, 4.69) is 25.3 Å². The van der Waals surface area contributed by atoms with Gasteiger partial charge in [0.25, 0.3) is 0 Å². The van der Waals surface area contributed by atoms with Crippen molar-refractivity contribution in [3.8, 4) is 0 Å². The summed E-state index contributed by atoms with van der Waals surface area (Å²) >= 11 is 0. The summed E-state index contributed by atoms with van der Waals surface area (Å²) in [6.45, 7) is 7.24. The maximum absolute atomic E-state index is 2.90. The van der Waals surface area contributed by atoms with E-state index in [0.29, 0.717) is 0 Å². The molecule has 0 aromatic heterocycles. The molecule has 14 heavy (non-hydrogen) atoms. The molecule has 1 nitrogen and oxygen atoms in total. The molecule has 1 rings (SSSR count). The summed E-state index contributed by atoms with van der Waals surface area (Å²) in [6.07, 6.45) is 7.43. The van der Waals surface area contributed by atoms with Crippen molar-refractivity contribution < 1.29 is 0 Å². The summed E-state index contributed by atoms with van der Waals surface area (Å²) in [6, 6.07) is 1.77. The van der Waals surface area contributed by atoms with E-state index in [-0.39, 0.29) is 9.68 Å². The van der Waals surface area contributed by atoms with E-state index < -0.39 is 0 Å². The van der Waals surface area contributed by atoms with Crippen LogP contribution in [0.1, 0.15) is 52.9 Å². The Morgan fingerprint density at radius 2 is 1.71 bits per heavy atom. The first-order chi connectivity index (χ1) is 6.61. The van der Waals surface area contributed by atoms with Crippen molar-refractivity contribution >= 4 is 19.9 Å². The van der Waals surface area contributed by atoms with Crippen LogP contribution in [-0.4, -0.2) is 36.6 Å². The Bertz CT molecular complexity index is 153. The molecular weight excluding hydrogens is 202 g/mol. The molecule has 0 radical (unpaired) electrons. The van der Waals surface area contributed by atoms with Crippen LogP contribution >= 0.6 is 0 Å². The summed E-state index contributed by atoms with van der Waals surface area (Å²) < 4.78 is 2.90.